The van der Waals surface area contributed by atoms with E-state index in [-0.39, 0.29) is 0 Å². The zero-order valence-corrected chi connectivity index (χ0v) is 18.7. The Morgan fingerprint density at radius 3 is 1.81 bits per heavy atom. The van der Waals surface area contributed by atoms with Crippen molar-refractivity contribution in [3.8, 4) is 0 Å². The van der Waals surface area contributed by atoms with Crippen LogP contribution < -0.4 is 0 Å². The summed E-state index contributed by atoms with van der Waals surface area (Å²) in [4.78, 5) is 0. The van der Waals surface area contributed by atoms with Crippen LogP contribution in [0.4, 0.5) is 0 Å². The molecule has 0 bridgehead atoms. The second kappa shape index (κ2) is 9.62. The molecule has 0 N–H and O–H groups in total. The van der Waals surface area contributed by atoms with Gasteiger partial charge >= 0.3 is 8.56 Å². The van der Waals surface area contributed by atoms with Gasteiger partial charge in [0, 0.05) is 13.2 Å². The summed E-state index contributed by atoms with van der Waals surface area (Å²) in [6.45, 7) is 19.7. The van der Waals surface area contributed by atoms with Gasteiger partial charge in [0.15, 0.2) is 16.6 Å². The third-order valence-electron chi connectivity index (χ3n) is 3.03. The van der Waals surface area contributed by atoms with E-state index in [9.17, 15) is 0 Å². The maximum atomic E-state index is 6.48. The van der Waals surface area contributed by atoms with Crippen LogP contribution in [0.1, 0.15) is 32.6 Å². The lowest BCUT2D eigenvalue weighted by molar-refractivity contribution is 0.130. The fraction of sp³-hybridized carbons (Fsp3) is 1.00. The van der Waals surface area contributed by atoms with E-state index < -0.39 is 25.2 Å². The Hall–Kier alpha value is 0.531. The highest BCUT2D eigenvalue weighted by Crippen LogP contribution is 2.23. The van der Waals surface area contributed by atoms with Gasteiger partial charge in [0.05, 0.1) is 0 Å². The lowest BCUT2D eigenvalue weighted by atomic mass is 10.3. The molecule has 3 nitrogen and oxygen atoms in total. The molecular formula is C15H38O3Si3. The standard InChI is InChI=1S/C15H38O3Si3/c1-9-10-11-13-16-14-12-15-20(5,6)18-21(7,8)17-19(2,3)4/h9-15H2,1-8H3. The van der Waals surface area contributed by atoms with Crippen molar-refractivity contribution in [2.24, 2.45) is 0 Å². The first-order valence-electron chi connectivity index (χ1n) is 8.45. The van der Waals surface area contributed by atoms with Crippen LogP contribution in [0.2, 0.25) is 51.9 Å². The van der Waals surface area contributed by atoms with E-state index in [0.717, 1.165) is 25.7 Å². The van der Waals surface area contributed by atoms with Crippen LogP contribution in [-0.4, -0.2) is 38.4 Å². The summed E-state index contributed by atoms with van der Waals surface area (Å²) >= 11 is 0. The SMILES string of the molecule is CCCCCOCCC[Si](C)(C)O[Si](C)(C)O[Si](C)(C)C. The third-order valence-corrected chi connectivity index (χ3v) is 13.2. The highest BCUT2D eigenvalue weighted by molar-refractivity contribution is 6.87. The smallest absolute Gasteiger partial charge is 0.311 e. The van der Waals surface area contributed by atoms with E-state index in [1.807, 2.05) is 0 Å². The molecule has 128 valence electrons. The summed E-state index contributed by atoms with van der Waals surface area (Å²) in [5.74, 6) is 0. The average Bonchev–Trinajstić information content (AvgIpc) is 2.22. The molecule has 0 radical (unpaired) electrons. The van der Waals surface area contributed by atoms with Gasteiger partial charge in [0.25, 0.3) is 0 Å². The molecule has 0 amide bonds. The van der Waals surface area contributed by atoms with Crippen molar-refractivity contribution in [1.29, 1.82) is 0 Å². The van der Waals surface area contributed by atoms with Gasteiger partial charge in [0.2, 0.25) is 0 Å². The minimum Gasteiger partial charge on any atom is -0.437 e. The normalized spacial score (nSPS) is 13.7. The number of unbranched alkanes of at least 4 members (excludes halogenated alkanes) is 2. The van der Waals surface area contributed by atoms with Gasteiger partial charge in [-0.2, -0.15) is 0 Å². The van der Waals surface area contributed by atoms with E-state index in [1.165, 1.54) is 19.3 Å². The first-order valence-corrected chi connectivity index (χ1v) is 17.8. The van der Waals surface area contributed by atoms with Gasteiger partial charge in [-0.1, -0.05) is 19.8 Å². The lowest BCUT2D eigenvalue weighted by Crippen LogP contribution is -2.51. The molecule has 0 saturated carbocycles. The van der Waals surface area contributed by atoms with Crippen molar-refractivity contribution in [1.82, 2.24) is 0 Å². The van der Waals surface area contributed by atoms with E-state index in [2.05, 4.69) is 52.8 Å². The maximum Gasteiger partial charge on any atom is 0.311 e. The maximum absolute atomic E-state index is 6.48. The second-order valence-corrected chi connectivity index (χ2v) is 20.6. The largest absolute Gasteiger partial charge is 0.437 e. The summed E-state index contributed by atoms with van der Waals surface area (Å²) < 4.78 is 18.5. The van der Waals surface area contributed by atoms with Gasteiger partial charge in [-0.15, -0.1) is 0 Å². The zero-order chi connectivity index (χ0) is 16.6. The Morgan fingerprint density at radius 2 is 1.29 bits per heavy atom. The van der Waals surface area contributed by atoms with Crippen molar-refractivity contribution in [3.05, 3.63) is 0 Å². The summed E-state index contributed by atoms with van der Waals surface area (Å²) in [7, 11) is -5.13. The lowest BCUT2D eigenvalue weighted by Gasteiger charge is -2.37. The van der Waals surface area contributed by atoms with Crippen LogP contribution in [0.25, 0.3) is 0 Å². The van der Waals surface area contributed by atoms with Crippen molar-refractivity contribution in [2.75, 3.05) is 13.2 Å². The minimum atomic E-state index is -1.98. The van der Waals surface area contributed by atoms with E-state index in [0.29, 0.717) is 0 Å². The first-order chi connectivity index (χ1) is 9.47. The summed E-state index contributed by atoms with van der Waals surface area (Å²) in [5.41, 5.74) is 0. The molecule has 0 aromatic carbocycles. The van der Waals surface area contributed by atoms with Gasteiger partial charge < -0.3 is 13.0 Å². The van der Waals surface area contributed by atoms with Crippen LogP contribution in [0.5, 0.6) is 0 Å². The Balaban J connectivity index is 3.97. The summed E-state index contributed by atoms with van der Waals surface area (Å²) in [5, 5.41) is 0. The minimum absolute atomic E-state index is 0.875. The highest BCUT2D eigenvalue weighted by atomic mass is 28.5. The average molecular weight is 351 g/mol. The van der Waals surface area contributed by atoms with Crippen molar-refractivity contribution in [2.45, 2.75) is 84.5 Å². The second-order valence-electron chi connectivity index (χ2n) is 7.90. The molecule has 6 heteroatoms. The van der Waals surface area contributed by atoms with Gasteiger partial charge in [-0.05, 0) is 64.7 Å². The van der Waals surface area contributed by atoms with Gasteiger partial charge in [-0.3, -0.25) is 0 Å². The summed E-state index contributed by atoms with van der Waals surface area (Å²) in [6, 6.07) is 1.16. The fourth-order valence-electron chi connectivity index (χ4n) is 2.63. The Morgan fingerprint density at radius 1 is 0.714 bits per heavy atom. The van der Waals surface area contributed by atoms with Gasteiger partial charge in [0.1, 0.15) is 0 Å². The zero-order valence-electron chi connectivity index (χ0n) is 15.7. The molecule has 0 aliphatic heterocycles. The van der Waals surface area contributed by atoms with Crippen LogP contribution in [-0.2, 0) is 13.0 Å². The van der Waals surface area contributed by atoms with Crippen LogP contribution in [0, 0.1) is 0 Å². The van der Waals surface area contributed by atoms with Crippen molar-refractivity contribution >= 4 is 25.2 Å². The quantitative estimate of drug-likeness (QED) is 0.350. The molecule has 0 heterocycles. The first kappa shape index (κ1) is 21.5. The molecule has 21 heavy (non-hydrogen) atoms. The molecule has 0 aliphatic carbocycles. The van der Waals surface area contributed by atoms with Crippen LogP contribution in [0.3, 0.4) is 0 Å². The molecule has 0 atom stereocenters. The molecule has 0 rings (SSSR count). The van der Waals surface area contributed by atoms with E-state index >= 15 is 0 Å². The fourth-order valence-corrected chi connectivity index (χ4v) is 15.8. The number of hydrogen-bond acceptors (Lipinski definition) is 3. The van der Waals surface area contributed by atoms with Gasteiger partial charge in [-0.25, -0.2) is 0 Å². The number of hydrogen-bond donors (Lipinski definition) is 0. The molecule has 0 saturated heterocycles. The molecule has 0 aromatic heterocycles. The number of rotatable bonds is 12. The molecule has 0 aromatic rings. The third kappa shape index (κ3) is 13.9. The summed E-state index contributed by atoms with van der Waals surface area (Å²) in [6.07, 6.45) is 4.84. The molecule has 0 spiro atoms. The molecule has 0 aliphatic rings. The van der Waals surface area contributed by atoms with E-state index in [1.54, 1.807) is 0 Å². The Labute approximate surface area is 136 Å². The van der Waals surface area contributed by atoms with Crippen LogP contribution >= 0.6 is 0 Å². The Bertz CT molecular complexity index is 276. The number of ether oxygens (including phenoxy) is 1. The van der Waals surface area contributed by atoms with Crippen molar-refractivity contribution < 1.29 is 13.0 Å². The predicted molar refractivity (Wildman–Crippen MR) is 100 cm³/mol. The Kier molecular flexibility index (Phi) is 9.86. The monoisotopic (exact) mass is 350 g/mol. The molecule has 0 fully saturated rings. The topological polar surface area (TPSA) is 27.7 Å². The van der Waals surface area contributed by atoms with E-state index in [4.69, 9.17) is 13.0 Å². The predicted octanol–water partition coefficient (Wildman–Crippen LogP) is 5.36. The highest BCUT2D eigenvalue weighted by Gasteiger charge is 2.37. The van der Waals surface area contributed by atoms with Crippen molar-refractivity contribution in [3.63, 3.8) is 0 Å². The van der Waals surface area contributed by atoms with Crippen LogP contribution in [0.15, 0.2) is 0 Å². The molecular weight excluding hydrogens is 312 g/mol. The molecule has 0 unspecified atom stereocenters.